The molecule has 0 aromatic heterocycles. The first-order chi connectivity index (χ1) is 15.5. The van der Waals surface area contributed by atoms with Crippen LogP contribution in [-0.2, 0) is 19.1 Å². The van der Waals surface area contributed by atoms with Gasteiger partial charge in [-0.3, -0.25) is 9.69 Å². The molecule has 0 radical (unpaired) electrons. The third-order valence-corrected chi connectivity index (χ3v) is 5.67. The van der Waals surface area contributed by atoms with Crippen molar-refractivity contribution in [2.45, 2.75) is 32.7 Å². The lowest BCUT2D eigenvalue weighted by Crippen LogP contribution is -2.49. The van der Waals surface area contributed by atoms with Crippen LogP contribution >= 0.6 is 0 Å². The number of hydrogen-bond donors (Lipinski definition) is 2. The minimum Gasteiger partial charge on any atom is -0.494 e. The minimum atomic E-state index is -0.640. The van der Waals surface area contributed by atoms with Crippen LogP contribution in [0, 0.1) is 5.92 Å². The number of carbonyl (C=O) groups is 3. The number of benzene rings is 1. The van der Waals surface area contributed by atoms with E-state index in [1.807, 2.05) is 31.2 Å². The summed E-state index contributed by atoms with van der Waals surface area (Å²) in [7, 11) is 1.32. The van der Waals surface area contributed by atoms with Crippen LogP contribution in [0.2, 0.25) is 0 Å². The molecule has 174 valence electrons. The monoisotopic (exact) mass is 445 g/mol. The molecule has 9 heteroatoms. The quantitative estimate of drug-likeness (QED) is 0.591. The van der Waals surface area contributed by atoms with Gasteiger partial charge in [0.15, 0.2) is 0 Å². The van der Waals surface area contributed by atoms with E-state index in [0.717, 1.165) is 5.56 Å². The molecule has 2 amide bonds. The highest BCUT2D eigenvalue weighted by atomic mass is 16.5. The van der Waals surface area contributed by atoms with Crippen molar-refractivity contribution >= 4 is 18.0 Å². The van der Waals surface area contributed by atoms with E-state index >= 15 is 0 Å². The van der Waals surface area contributed by atoms with Crippen molar-refractivity contribution in [1.29, 1.82) is 0 Å². The molecule has 1 fully saturated rings. The SMILES string of the molecule is CCOC(=O)C1CCN(CC2=C(C(=O)OC)[C@H](c3ccc(OCC)cc3)NC(=O)N2)CC1. The van der Waals surface area contributed by atoms with Crippen LogP contribution in [0.4, 0.5) is 4.79 Å². The highest BCUT2D eigenvalue weighted by molar-refractivity contribution is 5.95. The molecular weight excluding hydrogens is 414 g/mol. The lowest BCUT2D eigenvalue weighted by atomic mass is 9.93. The standard InChI is InChI=1S/C23H31N3O6/c1-4-31-17-8-6-15(7-9-17)20-19(22(28)30-3)18(24-23(29)25-20)14-26-12-10-16(11-13-26)21(27)32-5-2/h6-9,16,20H,4-5,10-14H2,1-3H3,(H2,24,25,29)/t20-/m0/s1. The molecule has 1 atom stereocenters. The van der Waals surface area contributed by atoms with Crippen LogP contribution < -0.4 is 15.4 Å². The van der Waals surface area contributed by atoms with Crippen LogP contribution in [-0.4, -0.2) is 62.8 Å². The molecule has 32 heavy (non-hydrogen) atoms. The van der Waals surface area contributed by atoms with E-state index in [1.165, 1.54) is 7.11 Å². The number of nitrogens with one attached hydrogen (secondary N) is 2. The molecule has 1 aromatic carbocycles. The van der Waals surface area contributed by atoms with Crippen molar-refractivity contribution in [2.75, 3.05) is 40.0 Å². The van der Waals surface area contributed by atoms with Crippen LogP contribution in [0.1, 0.15) is 38.3 Å². The summed E-state index contributed by atoms with van der Waals surface area (Å²) >= 11 is 0. The second kappa shape index (κ2) is 11.0. The minimum absolute atomic E-state index is 0.112. The first kappa shape index (κ1) is 23.6. The van der Waals surface area contributed by atoms with Gasteiger partial charge in [0, 0.05) is 12.2 Å². The Bertz CT molecular complexity index is 859. The zero-order chi connectivity index (χ0) is 23.1. The fraction of sp³-hybridized carbons (Fsp3) is 0.522. The third-order valence-electron chi connectivity index (χ3n) is 5.67. The molecule has 2 N–H and O–H groups in total. The van der Waals surface area contributed by atoms with E-state index < -0.39 is 12.0 Å². The Hall–Kier alpha value is -3.07. The molecule has 0 spiro atoms. The Morgan fingerprint density at radius 3 is 2.38 bits per heavy atom. The van der Waals surface area contributed by atoms with Crippen LogP contribution in [0.25, 0.3) is 0 Å². The Kier molecular flexibility index (Phi) is 8.10. The number of hydrogen-bond acceptors (Lipinski definition) is 7. The molecule has 2 heterocycles. The van der Waals surface area contributed by atoms with Crippen molar-refractivity contribution < 1.29 is 28.6 Å². The summed E-state index contributed by atoms with van der Waals surface area (Å²) in [5.41, 5.74) is 1.63. The van der Waals surface area contributed by atoms with E-state index in [0.29, 0.717) is 62.7 Å². The number of amides is 2. The zero-order valence-corrected chi connectivity index (χ0v) is 18.8. The fourth-order valence-corrected chi connectivity index (χ4v) is 4.08. The van der Waals surface area contributed by atoms with E-state index in [1.54, 1.807) is 6.92 Å². The van der Waals surface area contributed by atoms with E-state index in [9.17, 15) is 14.4 Å². The third kappa shape index (κ3) is 5.59. The van der Waals surface area contributed by atoms with Crippen molar-refractivity contribution in [3.05, 3.63) is 41.1 Å². The van der Waals surface area contributed by atoms with Crippen LogP contribution in [0.3, 0.4) is 0 Å². The highest BCUT2D eigenvalue weighted by Gasteiger charge is 2.35. The van der Waals surface area contributed by atoms with E-state index in [4.69, 9.17) is 14.2 Å². The summed E-state index contributed by atoms with van der Waals surface area (Å²) < 4.78 is 15.7. The summed E-state index contributed by atoms with van der Waals surface area (Å²) in [5, 5.41) is 5.61. The van der Waals surface area contributed by atoms with Gasteiger partial charge in [-0.2, -0.15) is 0 Å². The Balaban J connectivity index is 1.80. The molecule has 0 bridgehead atoms. The van der Waals surface area contributed by atoms with Gasteiger partial charge in [0.05, 0.1) is 37.9 Å². The predicted octanol–water partition coefficient (Wildman–Crippen LogP) is 2.14. The molecule has 2 aliphatic rings. The molecule has 0 saturated carbocycles. The average Bonchev–Trinajstić information content (AvgIpc) is 2.79. The second-order valence-corrected chi connectivity index (χ2v) is 7.72. The highest BCUT2D eigenvalue weighted by Crippen LogP contribution is 2.30. The van der Waals surface area contributed by atoms with Gasteiger partial charge in [-0.1, -0.05) is 12.1 Å². The van der Waals surface area contributed by atoms with Gasteiger partial charge in [-0.15, -0.1) is 0 Å². The molecular formula is C23H31N3O6. The van der Waals surface area contributed by atoms with Crippen molar-refractivity contribution in [3.8, 4) is 5.75 Å². The average molecular weight is 446 g/mol. The molecule has 1 saturated heterocycles. The van der Waals surface area contributed by atoms with Crippen LogP contribution in [0.15, 0.2) is 35.5 Å². The summed E-state index contributed by atoms with van der Waals surface area (Å²) in [6, 6.07) is 6.25. The maximum Gasteiger partial charge on any atom is 0.338 e. The van der Waals surface area contributed by atoms with Gasteiger partial charge in [0.25, 0.3) is 0 Å². The first-order valence-corrected chi connectivity index (χ1v) is 11.0. The number of nitrogens with zero attached hydrogens (tertiary/aromatic N) is 1. The number of piperidine rings is 1. The zero-order valence-electron chi connectivity index (χ0n) is 18.8. The van der Waals surface area contributed by atoms with Crippen molar-refractivity contribution in [3.63, 3.8) is 0 Å². The number of ether oxygens (including phenoxy) is 3. The predicted molar refractivity (Wildman–Crippen MR) is 117 cm³/mol. The van der Waals surface area contributed by atoms with Gasteiger partial charge >= 0.3 is 18.0 Å². The molecule has 3 rings (SSSR count). The normalized spacial score (nSPS) is 19.7. The fourth-order valence-electron chi connectivity index (χ4n) is 4.08. The second-order valence-electron chi connectivity index (χ2n) is 7.72. The topological polar surface area (TPSA) is 106 Å². The van der Waals surface area contributed by atoms with Crippen molar-refractivity contribution in [1.82, 2.24) is 15.5 Å². The first-order valence-electron chi connectivity index (χ1n) is 11.0. The molecule has 0 unspecified atom stereocenters. The molecule has 1 aromatic rings. The number of urea groups is 1. The summed E-state index contributed by atoms with van der Waals surface area (Å²) in [5.74, 6) is -0.0654. The number of rotatable bonds is 8. The summed E-state index contributed by atoms with van der Waals surface area (Å²) in [6.07, 6.45) is 1.35. The Morgan fingerprint density at radius 1 is 1.09 bits per heavy atom. The lowest BCUT2D eigenvalue weighted by Gasteiger charge is -2.34. The lowest BCUT2D eigenvalue weighted by molar-refractivity contribution is -0.149. The maximum atomic E-state index is 12.7. The number of carbonyl (C=O) groups excluding carboxylic acids is 3. The van der Waals surface area contributed by atoms with Crippen molar-refractivity contribution in [2.24, 2.45) is 5.92 Å². The number of methoxy groups -OCH3 is 1. The number of esters is 2. The Labute approximate surface area is 188 Å². The molecule has 0 aliphatic carbocycles. The van der Waals surface area contributed by atoms with Gasteiger partial charge in [-0.25, -0.2) is 9.59 Å². The molecule has 2 aliphatic heterocycles. The summed E-state index contributed by atoms with van der Waals surface area (Å²) in [6.45, 7) is 6.33. The van der Waals surface area contributed by atoms with Crippen LogP contribution in [0.5, 0.6) is 5.75 Å². The summed E-state index contributed by atoms with van der Waals surface area (Å²) in [4.78, 5) is 39.3. The van der Waals surface area contributed by atoms with E-state index in [2.05, 4.69) is 15.5 Å². The number of likely N-dealkylation sites (tertiary alicyclic amines) is 1. The van der Waals surface area contributed by atoms with E-state index in [-0.39, 0.29) is 17.9 Å². The largest absolute Gasteiger partial charge is 0.494 e. The van der Waals surface area contributed by atoms with Gasteiger partial charge in [0.1, 0.15) is 5.75 Å². The smallest absolute Gasteiger partial charge is 0.338 e. The van der Waals surface area contributed by atoms with Gasteiger partial charge < -0.3 is 24.8 Å². The molecule has 9 nitrogen and oxygen atoms in total. The Morgan fingerprint density at radius 2 is 1.78 bits per heavy atom. The van der Waals surface area contributed by atoms with Gasteiger partial charge in [-0.05, 0) is 57.5 Å². The maximum absolute atomic E-state index is 12.7. The van der Waals surface area contributed by atoms with Gasteiger partial charge in [0.2, 0.25) is 0 Å².